The van der Waals surface area contributed by atoms with Gasteiger partial charge in [0, 0.05) is 30.3 Å². The minimum Gasteiger partial charge on any atom is -0.349 e. The fraction of sp³-hybridized carbons (Fsp3) is 0.364. The van der Waals surface area contributed by atoms with Crippen LogP contribution in [0.5, 0.6) is 0 Å². The summed E-state index contributed by atoms with van der Waals surface area (Å²) in [5, 5.41) is 12.6. The van der Waals surface area contributed by atoms with E-state index in [9.17, 15) is 14.9 Å². The van der Waals surface area contributed by atoms with Gasteiger partial charge in [0.15, 0.2) is 5.78 Å². The summed E-state index contributed by atoms with van der Waals surface area (Å²) in [6.07, 6.45) is 6.54. The van der Waals surface area contributed by atoms with Crippen molar-refractivity contribution in [1.29, 1.82) is 5.26 Å². The standard InChI is InChI=1S/C33H35N3O2/c1-23(37)25-7-9-26(10-8-25)27-11-13-28(14-12-27)33(38)35-31-15-5-24(6-16-31)17-19-36-20-18-32-29(21-34)3-2-4-30(32)22-36/h2-4,7-14,24,31H,5-6,15-20,22H2,1H3,(H,35,38)/t24-,31-. The van der Waals surface area contributed by atoms with Crippen LogP contribution < -0.4 is 5.32 Å². The van der Waals surface area contributed by atoms with Crippen LogP contribution in [0, 0.1) is 17.2 Å². The van der Waals surface area contributed by atoms with E-state index in [0.717, 1.165) is 68.4 Å². The number of benzene rings is 3. The quantitative estimate of drug-likeness (QED) is 0.390. The second kappa shape index (κ2) is 11.8. The van der Waals surface area contributed by atoms with Gasteiger partial charge in [0.05, 0.1) is 11.6 Å². The highest BCUT2D eigenvalue weighted by molar-refractivity contribution is 5.95. The monoisotopic (exact) mass is 505 g/mol. The van der Waals surface area contributed by atoms with E-state index in [4.69, 9.17) is 0 Å². The van der Waals surface area contributed by atoms with Crippen LogP contribution >= 0.6 is 0 Å². The van der Waals surface area contributed by atoms with Crippen LogP contribution in [0.15, 0.2) is 66.7 Å². The van der Waals surface area contributed by atoms with E-state index >= 15 is 0 Å². The molecule has 0 atom stereocenters. The van der Waals surface area contributed by atoms with Gasteiger partial charge in [-0.2, -0.15) is 5.26 Å². The van der Waals surface area contributed by atoms with E-state index in [2.05, 4.69) is 22.4 Å². The molecule has 1 saturated carbocycles. The maximum absolute atomic E-state index is 12.9. The molecule has 0 aromatic heterocycles. The van der Waals surface area contributed by atoms with E-state index in [1.807, 2.05) is 60.7 Å². The summed E-state index contributed by atoms with van der Waals surface area (Å²) in [4.78, 5) is 26.9. The summed E-state index contributed by atoms with van der Waals surface area (Å²) in [6.45, 7) is 4.64. The number of Topliss-reactive ketones (excluding diaryl/α,β-unsaturated/α-hetero) is 1. The Morgan fingerprint density at radius 2 is 1.58 bits per heavy atom. The molecule has 2 aliphatic rings. The lowest BCUT2D eigenvalue weighted by atomic mass is 9.83. The van der Waals surface area contributed by atoms with Crippen molar-refractivity contribution in [3.05, 3.63) is 94.5 Å². The third-order valence-corrected chi connectivity index (χ3v) is 8.27. The number of fused-ring (bicyclic) bond motifs is 1. The fourth-order valence-corrected chi connectivity index (χ4v) is 5.90. The van der Waals surface area contributed by atoms with Crippen LogP contribution in [0.25, 0.3) is 11.1 Å². The molecule has 1 fully saturated rings. The number of carbonyl (C=O) groups is 2. The lowest BCUT2D eigenvalue weighted by Crippen LogP contribution is -2.38. The predicted octanol–water partition coefficient (Wildman–Crippen LogP) is 6.16. The highest BCUT2D eigenvalue weighted by atomic mass is 16.1. The van der Waals surface area contributed by atoms with Gasteiger partial charge < -0.3 is 5.32 Å². The van der Waals surface area contributed by atoms with Crippen LogP contribution in [0.1, 0.15) is 76.4 Å². The topological polar surface area (TPSA) is 73.2 Å². The highest BCUT2D eigenvalue weighted by Crippen LogP contribution is 2.29. The van der Waals surface area contributed by atoms with Crippen molar-refractivity contribution in [2.75, 3.05) is 13.1 Å². The Labute approximate surface area is 225 Å². The molecule has 3 aromatic carbocycles. The molecule has 0 unspecified atom stereocenters. The summed E-state index contributed by atoms with van der Waals surface area (Å²) in [7, 11) is 0. The maximum Gasteiger partial charge on any atom is 0.251 e. The normalized spacial score (nSPS) is 19.3. The Balaban J connectivity index is 1.06. The average molecular weight is 506 g/mol. The number of hydrogen-bond acceptors (Lipinski definition) is 4. The zero-order valence-electron chi connectivity index (χ0n) is 22.1. The molecule has 1 aliphatic heterocycles. The molecule has 0 bridgehead atoms. The van der Waals surface area contributed by atoms with Crippen molar-refractivity contribution < 1.29 is 9.59 Å². The number of nitriles is 1. The molecule has 5 rings (SSSR count). The largest absolute Gasteiger partial charge is 0.349 e. The maximum atomic E-state index is 12.9. The van der Waals surface area contributed by atoms with Crippen LogP contribution in [0.2, 0.25) is 0 Å². The molecule has 38 heavy (non-hydrogen) atoms. The molecule has 1 N–H and O–H groups in total. The molecule has 5 heteroatoms. The molecule has 3 aromatic rings. The Bertz CT molecular complexity index is 1330. The molecule has 194 valence electrons. The van der Waals surface area contributed by atoms with Gasteiger partial charge in [0.1, 0.15) is 0 Å². The number of nitrogens with zero attached hydrogens (tertiary/aromatic N) is 2. The third kappa shape index (κ3) is 6.03. The van der Waals surface area contributed by atoms with Crippen LogP contribution in [0.4, 0.5) is 0 Å². The van der Waals surface area contributed by atoms with Crippen LogP contribution in [-0.2, 0) is 13.0 Å². The number of hydrogen-bond donors (Lipinski definition) is 1. The zero-order valence-corrected chi connectivity index (χ0v) is 22.1. The number of carbonyl (C=O) groups excluding carboxylic acids is 2. The SMILES string of the molecule is CC(=O)c1ccc(-c2ccc(C(=O)N[C@H]3CC[C@H](CCN4CCc5c(C#N)cccc5C4)CC3)cc2)cc1. The molecule has 1 amide bonds. The summed E-state index contributed by atoms with van der Waals surface area (Å²) < 4.78 is 0. The smallest absolute Gasteiger partial charge is 0.251 e. The average Bonchev–Trinajstić information content (AvgIpc) is 2.96. The first kappa shape index (κ1) is 25.9. The second-order valence-corrected chi connectivity index (χ2v) is 10.8. The Morgan fingerprint density at radius 3 is 2.21 bits per heavy atom. The molecular weight excluding hydrogens is 470 g/mol. The first-order valence-corrected chi connectivity index (χ1v) is 13.8. The van der Waals surface area contributed by atoms with Crippen molar-refractivity contribution in [2.24, 2.45) is 5.92 Å². The zero-order chi connectivity index (χ0) is 26.5. The Hall–Kier alpha value is -3.75. The van der Waals surface area contributed by atoms with E-state index in [-0.39, 0.29) is 17.7 Å². The van der Waals surface area contributed by atoms with Gasteiger partial charge in [-0.25, -0.2) is 0 Å². The lowest BCUT2D eigenvalue weighted by Gasteiger charge is -2.33. The first-order chi connectivity index (χ1) is 18.5. The molecular formula is C33H35N3O2. The molecule has 0 saturated heterocycles. The minimum absolute atomic E-state index is 0.00403. The first-order valence-electron chi connectivity index (χ1n) is 13.8. The van der Waals surface area contributed by atoms with Crippen LogP contribution in [-0.4, -0.2) is 35.7 Å². The van der Waals surface area contributed by atoms with Gasteiger partial charge >= 0.3 is 0 Å². The number of rotatable bonds is 7. The van der Waals surface area contributed by atoms with E-state index in [1.165, 1.54) is 17.5 Å². The van der Waals surface area contributed by atoms with Crippen molar-refractivity contribution in [3.8, 4) is 17.2 Å². The summed E-state index contributed by atoms with van der Waals surface area (Å²) in [6, 6.07) is 23.9. The van der Waals surface area contributed by atoms with Gasteiger partial charge in [-0.1, -0.05) is 48.5 Å². The van der Waals surface area contributed by atoms with E-state index in [0.29, 0.717) is 17.0 Å². The molecule has 1 aliphatic carbocycles. The van der Waals surface area contributed by atoms with Gasteiger partial charge in [0.2, 0.25) is 0 Å². The predicted molar refractivity (Wildman–Crippen MR) is 150 cm³/mol. The van der Waals surface area contributed by atoms with Crippen molar-refractivity contribution in [3.63, 3.8) is 0 Å². The van der Waals surface area contributed by atoms with Gasteiger partial charge in [-0.15, -0.1) is 0 Å². The molecule has 5 nitrogen and oxygen atoms in total. The van der Waals surface area contributed by atoms with Crippen molar-refractivity contribution in [2.45, 2.75) is 58.0 Å². The number of ketones is 1. The fourth-order valence-electron chi connectivity index (χ4n) is 5.90. The minimum atomic E-state index is -0.00403. The summed E-state index contributed by atoms with van der Waals surface area (Å²) in [5.41, 5.74) is 6.81. The number of amides is 1. The van der Waals surface area contributed by atoms with E-state index in [1.54, 1.807) is 6.92 Å². The highest BCUT2D eigenvalue weighted by Gasteiger charge is 2.24. The van der Waals surface area contributed by atoms with E-state index < -0.39 is 0 Å². The lowest BCUT2D eigenvalue weighted by molar-refractivity contribution is 0.0919. The van der Waals surface area contributed by atoms with Gasteiger partial charge in [-0.3, -0.25) is 14.5 Å². The Kier molecular flexibility index (Phi) is 8.00. The summed E-state index contributed by atoms with van der Waals surface area (Å²) >= 11 is 0. The van der Waals surface area contributed by atoms with Gasteiger partial charge in [-0.05, 0) is 98.4 Å². The molecule has 0 spiro atoms. The van der Waals surface area contributed by atoms with Crippen molar-refractivity contribution >= 4 is 11.7 Å². The molecule has 1 heterocycles. The number of nitrogens with one attached hydrogen (secondary N) is 1. The third-order valence-electron chi connectivity index (χ3n) is 8.27. The Morgan fingerprint density at radius 1 is 0.921 bits per heavy atom. The summed E-state index contributed by atoms with van der Waals surface area (Å²) in [5.74, 6) is 0.765. The van der Waals surface area contributed by atoms with Crippen LogP contribution in [0.3, 0.4) is 0 Å². The molecule has 0 radical (unpaired) electrons. The van der Waals surface area contributed by atoms with Gasteiger partial charge in [0.25, 0.3) is 5.91 Å². The second-order valence-electron chi connectivity index (χ2n) is 10.8. The van der Waals surface area contributed by atoms with Crippen molar-refractivity contribution in [1.82, 2.24) is 10.2 Å².